The summed E-state index contributed by atoms with van der Waals surface area (Å²) in [6.07, 6.45) is 5.34. The van der Waals surface area contributed by atoms with Crippen molar-refractivity contribution in [2.45, 2.75) is 34.2 Å². The van der Waals surface area contributed by atoms with Crippen molar-refractivity contribution < 1.29 is 9.53 Å². The molecule has 0 unspecified atom stereocenters. The Bertz CT molecular complexity index is 803. The Balaban J connectivity index is 2.15. The van der Waals surface area contributed by atoms with Crippen LogP contribution in [0.3, 0.4) is 0 Å². The number of halogens is 1. The molecular formula is C19H26ClN5O2. The third-order valence-electron chi connectivity index (χ3n) is 4.09. The van der Waals surface area contributed by atoms with Gasteiger partial charge in [-0.05, 0) is 45.9 Å². The highest BCUT2D eigenvalue weighted by Crippen LogP contribution is 2.18. The summed E-state index contributed by atoms with van der Waals surface area (Å²) in [7, 11) is 0. The van der Waals surface area contributed by atoms with Crippen LogP contribution in [0.15, 0.2) is 40.7 Å². The van der Waals surface area contributed by atoms with E-state index in [-0.39, 0.29) is 5.69 Å². The van der Waals surface area contributed by atoms with E-state index in [1.54, 1.807) is 29.8 Å². The summed E-state index contributed by atoms with van der Waals surface area (Å²) in [5, 5.41) is 16.4. The van der Waals surface area contributed by atoms with Crippen LogP contribution in [0.4, 0.5) is 0 Å². The average molecular weight is 392 g/mol. The molecule has 0 spiro atoms. The highest BCUT2D eigenvalue weighted by atomic mass is 35.5. The zero-order chi connectivity index (χ0) is 20.0. The zero-order valence-corrected chi connectivity index (χ0v) is 16.9. The molecule has 2 N–H and O–H groups in total. The van der Waals surface area contributed by atoms with Crippen molar-refractivity contribution in [2.24, 2.45) is 0 Å². The van der Waals surface area contributed by atoms with Gasteiger partial charge in [0.2, 0.25) is 0 Å². The first-order valence-electron chi connectivity index (χ1n) is 8.99. The number of aromatic nitrogens is 2. The molecule has 0 saturated heterocycles. The van der Waals surface area contributed by atoms with Crippen LogP contribution in [-0.2, 0) is 11.3 Å². The predicted molar refractivity (Wildman–Crippen MR) is 107 cm³/mol. The van der Waals surface area contributed by atoms with E-state index in [0.717, 1.165) is 30.2 Å². The SMILES string of the molecule is CCOC(=O)c1cc(C)n(CC2=CC(Cl)=C/C(=C/C(=N)N(CC)CC)N2)n1. The van der Waals surface area contributed by atoms with E-state index in [1.165, 1.54) is 0 Å². The Labute approximate surface area is 164 Å². The lowest BCUT2D eigenvalue weighted by molar-refractivity contribution is 0.0518. The smallest absolute Gasteiger partial charge is 0.358 e. The Morgan fingerprint density at radius 2 is 2.07 bits per heavy atom. The lowest BCUT2D eigenvalue weighted by Gasteiger charge is -2.22. The molecule has 0 atom stereocenters. The first kappa shape index (κ1) is 20.8. The van der Waals surface area contributed by atoms with E-state index < -0.39 is 5.97 Å². The number of nitrogens with one attached hydrogen (secondary N) is 2. The van der Waals surface area contributed by atoms with Gasteiger partial charge in [-0.1, -0.05) is 11.6 Å². The molecule has 0 radical (unpaired) electrons. The fraction of sp³-hybridized carbons (Fsp3) is 0.421. The molecule has 0 aliphatic carbocycles. The fourth-order valence-corrected chi connectivity index (χ4v) is 2.97. The van der Waals surface area contributed by atoms with Gasteiger partial charge in [-0.25, -0.2) is 4.79 Å². The van der Waals surface area contributed by atoms with E-state index in [1.807, 2.05) is 31.7 Å². The third-order valence-corrected chi connectivity index (χ3v) is 4.31. The third kappa shape index (κ3) is 5.47. The maximum absolute atomic E-state index is 11.9. The van der Waals surface area contributed by atoms with Gasteiger partial charge in [0.1, 0.15) is 5.84 Å². The summed E-state index contributed by atoms with van der Waals surface area (Å²) in [6.45, 7) is 9.93. The van der Waals surface area contributed by atoms with Crippen molar-refractivity contribution in [3.05, 3.63) is 52.1 Å². The number of esters is 1. The molecule has 7 nitrogen and oxygen atoms in total. The van der Waals surface area contributed by atoms with Crippen molar-refractivity contribution in [3.63, 3.8) is 0 Å². The quantitative estimate of drug-likeness (QED) is 0.423. The molecule has 0 aromatic carbocycles. The summed E-state index contributed by atoms with van der Waals surface area (Å²) >= 11 is 6.26. The first-order chi connectivity index (χ1) is 12.9. The summed E-state index contributed by atoms with van der Waals surface area (Å²) in [5.41, 5.74) is 2.69. The van der Waals surface area contributed by atoms with E-state index in [9.17, 15) is 4.79 Å². The van der Waals surface area contributed by atoms with Crippen LogP contribution in [-0.4, -0.2) is 46.2 Å². The maximum atomic E-state index is 11.9. The Morgan fingerprint density at radius 1 is 1.37 bits per heavy atom. The maximum Gasteiger partial charge on any atom is 0.358 e. The van der Waals surface area contributed by atoms with Crippen LogP contribution in [0, 0.1) is 12.3 Å². The minimum Gasteiger partial charge on any atom is -0.461 e. The predicted octanol–water partition coefficient (Wildman–Crippen LogP) is 3.18. The molecule has 0 bridgehead atoms. The van der Waals surface area contributed by atoms with E-state index in [0.29, 0.717) is 24.0 Å². The van der Waals surface area contributed by atoms with Crippen LogP contribution in [0.1, 0.15) is 37.0 Å². The summed E-state index contributed by atoms with van der Waals surface area (Å²) in [5.74, 6) is -0.0135. The molecule has 0 saturated carbocycles. The Kier molecular flexibility index (Phi) is 7.24. The summed E-state index contributed by atoms with van der Waals surface area (Å²) < 4.78 is 6.71. The minimum atomic E-state index is -0.434. The van der Waals surface area contributed by atoms with Gasteiger partial charge in [-0.2, -0.15) is 5.10 Å². The topological polar surface area (TPSA) is 83.2 Å². The molecule has 0 fully saturated rings. The molecule has 27 heavy (non-hydrogen) atoms. The van der Waals surface area contributed by atoms with Crippen molar-refractivity contribution in [3.8, 4) is 0 Å². The Hall–Kier alpha value is -2.54. The van der Waals surface area contributed by atoms with Gasteiger partial charge >= 0.3 is 5.97 Å². The highest BCUT2D eigenvalue weighted by molar-refractivity contribution is 6.31. The van der Waals surface area contributed by atoms with Gasteiger partial charge < -0.3 is 15.0 Å². The summed E-state index contributed by atoms with van der Waals surface area (Å²) in [4.78, 5) is 13.8. The first-order valence-corrected chi connectivity index (χ1v) is 9.37. The second kappa shape index (κ2) is 9.41. The number of dihydropyridines is 1. The molecule has 1 aliphatic heterocycles. The van der Waals surface area contributed by atoms with Crippen LogP contribution < -0.4 is 5.32 Å². The molecule has 2 heterocycles. The van der Waals surface area contributed by atoms with E-state index in [2.05, 4.69) is 10.4 Å². The number of amidine groups is 1. The minimum absolute atomic E-state index is 0.284. The number of hydrogen-bond donors (Lipinski definition) is 2. The normalized spacial score (nSPS) is 15.1. The number of allylic oxidation sites excluding steroid dienone is 4. The van der Waals surface area contributed by atoms with Crippen molar-refractivity contribution in [1.82, 2.24) is 20.0 Å². The molecule has 8 heteroatoms. The second-order valence-corrected chi connectivity index (χ2v) is 6.47. The lowest BCUT2D eigenvalue weighted by Crippen LogP contribution is -2.30. The monoisotopic (exact) mass is 391 g/mol. The largest absolute Gasteiger partial charge is 0.461 e. The molecular weight excluding hydrogens is 366 g/mol. The summed E-state index contributed by atoms with van der Waals surface area (Å²) in [6, 6.07) is 1.70. The number of likely N-dealkylation sites (N-methyl/N-ethyl adjacent to an activating group) is 1. The number of carbonyl (C=O) groups excluding carboxylic acids is 1. The fourth-order valence-electron chi connectivity index (χ4n) is 2.72. The van der Waals surface area contributed by atoms with Crippen LogP contribution in [0.5, 0.6) is 0 Å². The number of rotatable bonds is 7. The van der Waals surface area contributed by atoms with E-state index in [4.69, 9.17) is 21.7 Å². The van der Waals surface area contributed by atoms with Gasteiger partial charge in [0.05, 0.1) is 13.2 Å². The molecule has 1 aliphatic rings. The second-order valence-electron chi connectivity index (χ2n) is 6.03. The molecule has 1 aromatic heterocycles. The molecule has 0 amide bonds. The lowest BCUT2D eigenvalue weighted by atomic mass is 10.2. The molecule has 2 rings (SSSR count). The number of hydrogen-bond acceptors (Lipinski definition) is 5. The molecule has 1 aromatic rings. The standard InChI is InChI=1S/C19H26ClN5O2/c1-5-24(6-2)18(21)11-15-9-14(20)10-16(22-15)12-25-13(4)8-17(23-25)19(26)27-7-3/h8-11,21-22H,5-7,12H2,1-4H3/b15-11-,21-18?. The van der Waals surface area contributed by atoms with Crippen molar-refractivity contribution in [2.75, 3.05) is 19.7 Å². The van der Waals surface area contributed by atoms with Gasteiger partial charge in [0.15, 0.2) is 5.69 Å². The van der Waals surface area contributed by atoms with Crippen LogP contribution in [0.25, 0.3) is 0 Å². The van der Waals surface area contributed by atoms with Crippen molar-refractivity contribution >= 4 is 23.4 Å². The van der Waals surface area contributed by atoms with Gasteiger partial charge in [0, 0.05) is 41.3 Å². The number of nitrogens with zero attached hydrogens (tertiary/aromatic N) is 3. The van der Waals surface area contributed by atoms with Gasteiger partial charge in [-0.15, -0.1) is 0 Å². The van der Waals surface area contributed by atoms with Gasteiger partial charge in [0.25, 0.3) is 0 Å². The average Bonchev–Trinajstić information content (AvgIpc) is 2.96. The Morgan fingerprint density at radius 3 is 2.70 bits per heavy atom. The number of carbonyl (C=O) groups is 1. The van der Waals surface area contributed by atoms with E-state index >= 15 is 0 Å². The number of ether oxygens (including phenoxy) is 1. The van der Waals surface area contributed by atoms with Crippen molar-refractivity contribution in [1.29, 1.82) is 5.41 Å². The number of aryl methyl sites for hydroxylation is 1. The highest BCUT2D eigenvalue weighted by Gasteiger charge is 2.16. The zero-order valence-electron chi connectivity index (χ0n) is 16.2. The molecule has 146 valence electrons. The van der Waals surface area contributed by atoms with Gasteiger partial charge in [-0.3, -0.25) is 10.1 Å². The van der Waals surface area contributed by atoms with Crippen LogP contribution >= 0.6 is 11.6 Å². The van der Waals surface area contributed by atoms with Crippen LogP contribution in [0.2, 0.25) is 0 Å².